The van der Waals surface area contributed by atoms with Crippen molar-refractivity contribution in [2.24, 2.45) is 0 Å². The highest BCUT2D eigenvalue weighted by Gasteiger charge is 2.26. The summed E-state index contributed by atoms with van der Waals surface area (Å²) in [6.07, 6.45) is 4.04. The summed E-state index contributed by atoms with van der Waals surface area (Å²) in [5, 5.41) is 10.8. The van der Waals surface area contributed by atoms with Crippen molar-refractivity contribution in [3.05, 3.63) is 17.0 Å². The van der Waals surface area contributed by atoms with Crippen molar-refractivity contribution in [3.8, 4) is 0 Å². The van der Waals surface area contributed by atoms with Gasteiger partial charge in [-0.3, -0.25) is 5.10 Å². The lowest BCUT2D eigenvalue weighted by molar-refractivity contribution is 0.0847. The first-order valence-corrected chi connectivity index (χ1v) is 5.99. The number of aromatic nitrogens is 2. The number of nitrogens with zero attached hydrogens (tertiary/aromatic N) is 1. The molecule has 2 N–H and O–H groups in total. The second-order valence-electron chi connectivity index (χ2n) is 4.61. The maximum Gasteiger partial charge on any atom is 0.0724 e. The molecular formula is C12H21N3O. The van der Waals surface area contributed by atoms with Crippen LogP contribution in [0.2, 0.25) is 0 Å². The summed E-state index contributed by atoms with van der Waals surface area (Å²) in [5.74, 6) is 0. The Kier molecular flexibility index (Phi) is 3.61. The smallest absolute Gasteiger partial charge is 0.0724 e. The second kappa shape index (κ2) is 4.97. The normalized spacial score (nSPS) is 25.2. The second-order valence-corrected chi connectivity index (χ2v) is 4.61. The van der Waals surface area contributed by atoms with E-state index < -0.39 is 0 Å². The molecule has 0 saturated heterocycles. The van der Waals surface area contributed by atoms with Gasteiger partial charge in [0.25, 0.3) is 0 Å². The van der Waals surface area contributed by atoms with Crippen LogP contribution in [0.5, 0.6) is 0 Å². The molecule has 1 aliphatic rings. The first-order chi connectivity index (χ1) is 7.72. The van der Waals surface area contributed by atoms with E-state index in [1.165, 1.54) is 24.8 Å². The number of hydrogen-bond donors (Lipinski definition) is 2. The van der Waals surface area contributed by atoms with Crippen LogP contribution in [0.1, 0.15) is 36.2 Å². The number of H-pyrrole nitrogens is 1. The Hall–Kier alpha value is -0.870. The molecule has 0 bridgehead atoms. The third-order valence-electron chi connectivity index (χ3n) is 3.58. The molecular weight excluding hydrogens is 202 g/mol. The Balaban J connectivity index is 1.92. The van der Waals surface area contributed by atoms with Crippen LogP contribution in [0.25, 0.3) is 0 Å². The lowest BCUT2D eigenvalue weighted by atomic mass is 10.1. The van der Waals surface area contributed by atoms with Crippen molar-refractivity contribution < 1.29 is 4.74 Å². The molecule has 90 valence electrons. The molecule has 0 aromatic carbocycles. The molecule has 2 atom stereocenters. The molecule has 1 aromatic heterocycles. The summed E-state index contributed by atoms with van der Waals surface area (Å²) in [7, 11) is 1.80. The maximum absolute atomic E-state index is 5.47. The highest BCUT2D eigenvalue weighted by Crippen LogP contribution is 2.22. The van der Waals surface area contributed by atoms with E-state index in [0.29, 0.717) is 12.1 Å². The number of rotatable bonds is 4. The number of ether oxygens (including phenoxy) is 1. The van der Waals surface area contributed by atoms with Crippen molar-refractivity contribution in [1.82, 2.24) is 15.5 Å². The van der Waals surface area contributed by atoms with Gasteiger partial charge in [-0.05, 0) is 33.1 Å². The van der Waals surface area contributed by atoms with Crippen LogP contribution in [0.15, 0.2) is 0 Å². The Morgan fingerprint density at radius 3 is 2.88 bits per heavy atom. The van der Waals surface area contributed by atoms with Gasteiger partial charge in [-0.1, -0.05) is 0 Å². The van der Waals surface area contributed by atoms with E-state index in [-0.39, 0.29) is 0 Å². The predicted molar refractivity (Wildman–Crippen MR) is 63.3 cm³/mol. The van der Waals surface area contributed by atoms with Gasteiger partial charge in [0.1, 0.15) is 0 Å². The number of nitrogens with one attached hydrogen (secondary N) is 2. The molecule has 0 amide bonds. The fourth-order valence-electron chi connectivity index (χ4n) is 2.51. The van der Waals surface area contributed by atoms with Crippen LogP contribution >= 0.6 is 0 Å². The van der Waals surface area contributed by atoms with E-state index >= 15 is 0 Å². The quantitative estimate of drug-likeness (QED) is 0.816. The van der Waals surface area contributed by atoms with Gasteiger partial charge < -0.3 is 10.1 Å². The molecule has 2 rings (SSSR count). The van der Waals surface area contributed by atoms with Gasteiger partial charge in [-0.25, -0.2) is 0 Å². The minimum Gasteiger partial charge on any atom is -0.380 e. The number of aromatic amines is 1. The molecule has 1 fully saturated rings. The van der Waals surface area contributed by atoms with E-state index in [1.807, 2.05) is 6.92 Å². The van der Waals surface area contributed by atoms with Crippen LogP contribution in [0, 0.1) is 13.8 Å². The molecule has 16 heavy (non-hydrogen) atoms. The Morgan fingerprint density at radius 2 is 2.25 bits per heavy atom. The average molecular weight is 223 g/mol. The fraction of sp³-hybridized carbons (Fsp3) is 0.750. The van der Waals surface area contributed by atoms with Gasteiger partial charge in [0.2, 0.25) is 0 Å². The Bertz CT molecular complexity index is 329. The van der Waals surface area contributed by atoms with Crippen molar-refractivity contribution in [2.45, 2.75) is 51.8 Å². The van der Waals surface area contributed by atoms with Gasteiger partial charge in [-0.15, -0.1) is 0 Å². The summed E-state index contributed by atoms with van der Waals surface area (Å²) in [6.45, 7) is 5.00. The minimum absolute atomic E-state index is 0.382. The lowest BCUT2D eigenvalue weighted by Gasteiger charge is -2.19. The summed E-state index contributed by atoms with van der Waals surface area (Å²) in [5.41, 5.74) is 3.55. The first kappa shape index (κ1) is 11.6. The number of hydrogen-bond acceptors (Lipinski definition) is 3. The molecule has 1 aliphatic carbocycles. The van der Waals surface area contributed by atoms with Crippen LogP contribution in [-0.4, -0.2) is 29.5 Å². The molecule has 4 heteroatoms. The molecule has 1 aromatic rings. The van der Waals surface area contributed by atoms with Gasteiger partial charge >= 0.3 is 0 Å². The zero-order valence-electron chi connectivity index (χ0n) is 10.3. The van der Waals surface area contributed by atoms with Gasteiger partial charge in [0.05, 0.1) is 11.8 Å². The van der Waals surface area contributed by atoms with Crippen molar-refractivity contribution in [3.63, 3.8) is 0 Å². The third kappa shape index (κ3) is 2.28. The molecule has 0 aliphatic heterocycles. The average Bonchev–Trinajstić information content (AvgIpc) is 2.84. The SMILES string of the molecule is COC1CCCC1NCc1c(C)n[nH]c1C. The van der Waals surface area contributed by atoms with Gasteiger partial charge in [0, 0.05) is 31.0 Å². The van der Waals surface area contributed by atoms with Crippen molar-refractivity contribution in [2.75, 3.05) is 7.11 Å². The zero-order valence-corrected chi connectivity index (χ0v) is 10.3. The molecule has 2 unspecified atom stereocenters. The highest BCUT2D eigenvalue weighted by atomic mass is 16.5. The third-order valence-corrected chi connectivity index (χ3v) is 3.58. The van der Waals surface area contributed by atoms with E-state index in [2.05, 4.69) is 22.4 Å². The highest BCUT2D eigenvalue weighted by molar-refractivity contribution is 5.22. The van der Waals surface area contributed by atoms with Crippen LogP contribution in [0.4, 0.5) is 0 Å². The van der Waals surface area contributed by atoms with Crippen molar-refractivity contribution >= 4 is 0 Å². The van der Waals surface area contributed by atoms with Crippen LogP contribution in [0.3, 0.4) is 0 Å². The molecule has 0 radical (unpaired) electrons. The summed E-state index contributed by atoms with van der Waals surface area (Å²) in [6, 6.07) is 0.499. The largest absolute Gasteiger partial charge is 0.380 e. The Labute approximate surface area is 96.8 Å². The topological polar surface area (TPSA) is 49.9 Å². The standard InChI is InChI=1S/C12H21N3O/c1-8-10(9(2)15-14-8)7-13-11-5-4-6-12(11)16-3/h11-13H,4-7H2,1-3H3,(H,14,15). The number of methoxy groups -OCH3 is 1. The first-order valence-electron chi connectivity index (χ1n) is 5.99. The lowest BCUT2D eigenvalue weighted by Crippen LogP contribution is -2.36. The Morgan fingerprint density at radius 1 is 1.44 bits per heavy atom. The fourth-order valence-corrected chi connectivity index (χ4v) is 2.51. The van der Waals surface area contributed by atoms with E-state index in [0.717, 1.165) is 17.9 Å². The molecule has 4 nitrogen and oxygen atoms in total. The van der Waals surface area contributed by atoms with E-state index in [4.69, 9.17) is 4.74 Å². The molecule has 1 saturated carbocycles. The van der Waals surface area contributed by atoms with Gasteiger partial charge in [0.15, 0.2) is 0 Å². The monoisotopic (exact) mass is 223 g/mol. The minimum atomic E-state index is 0.382. The number of aryl methyl sites for hydroxylation is 2. The molecule has 1 heterocycles. The van der Waals surface area contributed by atoms with E-state index in [9.17, 15) is 0 Å². The zero-order chi connectivity index (χ0) is 11.5. The summed E-state index contributed by atoms with van der Waals surface area (Å²) < 4.78 is 5.47. The van der Waals surface area contributed by atoms with Crippen molar-refractivity contribution in [1.29, 1.82) is 0 Å². The van der Waals surface area contributed by atoms with E-state index in [1.54, 1.807) is 7.11 Å². The predicted octanol–water partition coefficient (Wildman–Crippen LogP) is 1.68. The van der Waals surface area contributed by atoms with Crippen LogP contribution in [-0.2, 0) is 11.3 Å². The van der Waals surface area contributed by atoms with Crippen LogP contribution < -0.4 is 5.32 Å². The maximum atomic E-state index is 5.47. The van der Waals surface area contributed by atoms with Gasteiger partial charge in [-0.2, -0.15) is 5.10 Å². The molecule has 0 spiro atoms. The summed E-state index contributed by atoms with van der Waals surface area (Å²) in [4.78, 5) is 0. The summed E-state index contributed by atoms with van der Waals surface area (Å²) >= 11 is 0.